The molecule has 5 nitrogen and oxygen atoms in total. The SMILES string of the molecule is CC1(C)Oc2c(cc(F)cc2[N+](=O)[O-])[C@@H]2OC21. The van der Waals surface area contributed by atoms with Gasteiger partial charge in [0.15, 0.2) is 0 Å². The molecule has 1 unspecified atom stereocenters. The predicted molar refractivity (Wildman–Crippen MR) is 55.4 cm³/mol. The maximum atomic E-state index is 13.3. The number of hydrogen-bond acceptors (Lipinski definition) is 4. The van der Waals surface area contributed by atoms with Gasteiger partial charge in [-0.15, -0.1) is 0 Å². The molecule has 1 aromatic rings. The zero-order valence-electron chi connectivity index (χ0n) is 9.27. The number of epoxide rings is 1. The van der Waals surface area contributed by atoms with E-state index >= 15 is 0 Å². The quantitative estimate of drug-likeness (QED) is 0.428. The lowest BCUT2D eigenvalue weighted by molar-refractivity contribution is -0.386. The Hall–Kier alpha value is -1.69. The molecule has 2 aliphatic heterocycles. The van der Waals surface area contributed by atoms with Crippen LogP contribution in [0.1, 0.15) is 25.5 Å². The van der Waals surface area contributed by atoms with Gasteiger partial charge < -0.3 is 9.47 Å². The van der Waals surface area contributed by atoms with Crippen LogP contribution in [-0.4, -0.2) is 16.6 Å². The molecule has 2 atom stereocenters. The van der Waals surface area contributed by atoms with E-state index in [0.717, 1.165) is 6.07 Å². The summed E-state index contributed by atoms with van der Waals surface area (Å²) in [5.41, 5.74) is -0.539. The van der Waals surface area contributed by atoms with Crippen LogP contribution in [0.4, 0.5) is 10.1 Å². The Bertz CT molecular complexity index is 528. The van der Waals surface area contributed by atoms with E-state index in [-0.39, 0.29) is 23.6 Å². The Morgan fingerprint density at radius 2 is 2.18 bits per heavy atom. The zero-order chi connectivity index (χ0) is 12.4. The molecule has 1 aromatic carbocycles. The Morgan fingerprint density at radius 1 is 1.47 bits per heavy atom. The van der Waals surface area contributed by atoms with E-state index in [1.54, 1.807) is 13.8 Å². The van der Waals surface area contributed by atoms with Crippen molar-refractivity contribution in [2.45, 2.75) is 31.7 Å². The van der Waals surface area contributed by atoms with Crippen molar-refractivity contribution < 1.29 is 18.8 Å². The number of benzene rings is 1. The Labute approximate surface area is 96.3 Å². The molecule has 0 bridgehead atoms. The number of nitro groups is 1. The van der Waals surface area contributed by atoms with Gasteiger partial charge in [0.1, 0.15) is 23.6 Å². The second-order valence-corrected chi connectivity index (χ2v) is 4.78. The monoisotopic (exact) mass is 239 g/mol. The molecule has 0 aromatic heterocycles. The topological polar surface area (TPSA) is 64.9 Å². The number of halogens is 1. The second kappa shape index (κ2) is 2.95. The fourth-order valence-electron chi connectivity index (χ4n) is 2.26. The molecular formula is C11H10FNO4. The lowest BCUT2D eigenvalue weighted by Gasteiger charge is -2.28. The van der Waals surface area contributed by atoms with Gasteiger partial charge in [-0.05, 0) is 19.9 Å². The van der Waals surface area contributed by atoms with E-state index in [1.807, 2.05) is 0 Å². The van der Waals surface area contributed by atoms with Gasteiger partial charge >= 0.3 is 5.69 Å². The minimum atomic E-state index is -0.645. The first-order chi connectivity index (χ1) is 7.90. The summed E-state index contributed by atoms with van der Waals surface area (Å²) in [6, 6.07) is 2.11. The molecule has 1 fully saturated rings. The Kier molecular flexibility index (Phi) is 1.82. The van der Waals surface area contributed by atoms with Gasteiger partial charge in [-0.2, -0.15) is 0 Å². The number of fused-ring (bicyclic) bond motifs is 3. The average Bonchev–Trinajstić information content (AvgIpc) is 2.98. The molecule has 0 N–H and O–H groups in total. The standard InChI is InChI=1S/C11H10FNO4/c1-11(2)10-9(16-10)6-3-5(12)4-7(13(14)15)8(6)17-11/h3-4,9-10H,1-2H3/t9-,10?/m0/s1. The second-order valence-electron chi connectivity index (χ2n) is 4.78. The summed E-state index contributed by atoms with van der Waals surface area (Å²) in [5.74, 6) is -0.520. The molecule has 1 saturated heterocycles. The zero-order valence-corrected chi connectivity index (χ0v) is 9.27. The summed E-state index contributed by atoms with van der Waals surface area (Å²) in [7, 11) is 0. The molecule has 0 spiro atoms. The highest BCUT2D eigenvalue weighted by atomic mass is 19.1. The van der Waals surface area contributed by atoms with Crippen LogP contribution >= 0.6 is 0 Å². The highest BCUT2D eigenvalue weighted by molar-refractivity contribution is 5.56. The molecule has 90 valence electrons. The van der Waals surface area contributed by atoms with Crippen molar-refractivity contribution >= 4 is 5.69 Å². The number of ether oxygens (including phenoxy) is 2. The largest absolute Gasteiger partial charge is 0.478 e. The summed E-state index contributed by atoms with van der Waals surface area (Å²) < 4.78 is 24.3. The molecule has 17 heavy (non-hydrogen) atoms. The summed E-state index contributed by atoms with van der Waals surface area (Å²) in [5, 5.41) is 10.9. The number of nitrogens with zero attached hydrogens (tertiary/aromatic N) is 1. The van der Waals surface area contributed by atoms with Gasteiger partial charge in [0, 0.05) is 5.56 Å². The average molecular weight is 239 g/mol. The maximum absolute atomic E-state index is 13.3. The van der Waals surface area contributed by atoms with Crippen molar-refractivity contribution in [1.82, 2.24) is 0 Å². The van der Waals surface area contributed by atoms with Crippen LogP contribution in [0.2, 0.25) is 0 Å². The smallest absolute Gasteiger partial charge is 0.314 e. The molecule has 0 radical (unpaired) electrons. The van der Waals surface area contributed by atoms with Crippen LogP contribution in [-0.2, 0) is 4.74 Å². The third kappa shape index (κ3) is 1.40. The van der Waals surface area contributed by atoms with E-state index < -0.39 is 16.3 Å². The fourth-order valence-corrected chi connectivity index (χ4v) is 2.26. The van der Waals surface area contributed by atoms with Crippen LogP contribution in [0, 0.1) is 15.9 Å². The first kappa shape index (κ1) is 10.5. The van der Waals surface area contributed by atoms with Gasteiger partial charge in [-0.1, -0.05) is 0 Å². The normalized spacial score (nSPS) is 27.7. The van der Waals surface area contributed by atoms with Gasteiger partial charge in [-0.25, -0.2) is 4.39 Å². The van der Waals surface area contributed by atoms with Crippen molar-refractivity contribution in [3.05, 3.63) is 33.6 Å². The number of hydrogen-bond donors (Lipinski definition) is 0. The molecule has 0 aliphatic carbocycles. The van der Waals surface area contributed by atoms with Gasteiger partial charge in [0.2, 0.25) is 5.75 Å². The number of nitro benzene ring substituents is 1. The van der Waals surface area contributed by atoms with Crippen LogP contribution < -0.4 is 4.74 Å². The van der Waals surface area contributed by atoms with E-state index in [4.69, 9.17) is 9.47 Å². The number of rotatable bonds is 1. The van der Waals surface area contributed by atoms with Crippen LogP contribution in [0.3, 0.4) is 0 Å². The summed E-state index contributed by atoms with van der Waals surface area (Å²) >= 11 is 0. The van der Waals surface area contributed by atoms with Crippen LogP contribution in [0.5, 0.6) is 5.75 Å². The molecular weight excluding hydrogens is 229 g/mol. The molecule has 3 rings (SSSR count). The lowest BCUT2D eigenvalue weighted by Crippen LogP contribution is -2.38. The van der Waals surface area contributed by atoms with Crippen molar-refractivity contribution in [1.29, 1.82) is 0 Å². The van der Waals surface area contributed by atoms with Crippen molar-refractivity contribution in [2.24, 2.45) is 0 Å². The molecule has 0 saturated carbocycles. The third-order valence-electron chi connectivity index (χ3n) is 3.11. The minimum absolute atomic E-state index is 0.125. The van der Waals surface area contributed by atoms with Crippen molar-refractivity contribution in [3.8, 4) is 5.75 Å². The van der Waals surface area contributed by atoms with Gasteiger partial charge in [0.25, 0.3) is 0 Å². The molecule has 2 heterocycles. The van der Waals surface area contributed by atoms with E-state index in [2.05, 4.69) is 0 Å². The molecule has 2 aliphatic rings. The highest BCUT2D eigenvalue weighted by Gasteiger charge is 2.58. The third-order valence-corrected chi connectivity index (χ3v) is 3.11. The van der Waals surface area contributed by atoms with Crippen LogP contribution in [0.15, 0.2) is 12.1 Å². The van der Waals surface area contributed by atoms with Gasteiger partial charge in [-0.3, -0.25) is 10.1 Å². The van der Waals surface area contributed by atoms with E-state index in [0.29, 0.717) is 5.56 Å². The lowest BCUT2D eigenvalue weighted by atomic mass is 9.94. The maximum Gasteiger partial charge on any atom is 0.314 e. The molecule has 6 heteroatoms. The van der Waals surface area contributed by atoms with Gasteiger partial charge in [0.05, 0.1) is 11.0 Å². The Balaban J connectivity index is 2.20. The minimum Gasteiger partial charge on any atom is -0.478 e. The first-order valence-electron chi connectivity index (χ1n) is 5.22. The van der Waals surface area contributed by atoms with Crippen molar-refractivity contribution in [2.75, 3.05) is 0 Å². The predicted octanol–water partition coefficient (Wildman–Crippen LogP) is 2.34. The molecule has 0 amide bonds. The summed E-state index contributed by atoms with van der Waals surface area (Å²) in [6.45, 7) is 3.60. The van der Waals surface area contributed by atoms with E-state index in [9.17, 15) is 14.5 Å². The van der Waals surface area contributed by atoms with E-state index in [1.165, 1.54) is 6.07 Å². The van der Waals surface area contributed by atoms with Crippen molar-refractivity contribution in [3.63, 3.8) is 0 Å². The highest BCUT2D eigenvalue weighted by Crippen LogP contribution is 2.56. The summed E-state index contributed by atoms with van der Waals surface area (Å²) in [6.07, 6.45) is -0.445. The Morgan fingerprint density at radius 3 is 2.82 bits per heavy atom. The van der Waals surface area contributed by atoms with Crippen LogP contribution in [0.25, 0.3) is 0 Å². The summed E-state index contributed by atoms with van der Waals surface area (Å²) in [4.78, 5) is 10.2. The first-order valence-corrected chi connectivity index (χ1v) is 5.22. The fraction of sp³-hybridized carbons (Fsp3) is 0.455.